The summed E-state index contributed by atoms with van der Waals surface area (Å²) < 4.78 is 26.2. The number of hydrogen-bond acceptors (Lipinski definition) is 3. The maximum atomic E-state index is 14.1. The Labute approximate surface area is 125 Å². The van der Waals surface area contributed by atoms with Crippen molar-refractivity contribution in [1.82, 2.24) is 5.32 Å². The predicted octanol–water partition coefficient (Wildman–Crippen LogP) is 3.42. The zero-order chi connectivity index (χ0) is 14.7. The average molecular weight is 293 g/mol. The maximum Gasteiger partial charge on any atom is 0.165 e. The fourth-order valence-electron chi connectivity index (χ4n) is 3.63. The fourth-order valence-corrected chi connectivity index (χ4v) is 3.63. The molecule has 1 heterocycles. The summed E-state index contributed by atoms with van der Waals surface area (Å²) in [4.78, 5) is 0. The van der Waals surface area contributed by atoms with Gasteiger partial charge in [0.05, 0.1) is 12.2 Å². The van der Waals surface area contributed by atoms with Crippen LogP contribution in [0.4, 0.5) is 4.39 Å². The van der Waals surface area contributed by atoms with Crippen molar-refractivity contribution in [2.75, 3.05) is 13.7 Å². The molecule has 1 saturated heterocycles. The first kappa shape index (κ1) is 14.8. The number of hydrogen-bond donors (Lipinski definition) is 1. The second-order valence-corrected chi connectivity index (χ2v) is 6.23. The van der Waals surface area contributed by atoms with E-state index < -0.39 is 0 Å². The third-order valence-electron chi connectivity index (χ3n) is 4.66. The van der Waals surface area contributed by atoms with Crippen molar-refractivity contribution in [3.8, 4) is 5.75 Å². The largest absolute Gasteiger partial charge is 0.487 e. The molecule has 0 aromatic heterocycles. The zero-order valence-electron chi connectivity index (χ0n) is 12.7. The van der Waals surface area contributed by atoms with Crippen LogP contribution in [0.5, 0.6) is 5.75 Å². The Morgan fingerprint density at radius 3 is 2.95 bits per heavy atom. The van der Waals surface area contributed by atoms with E-state index in [0.29, 0.717) is 12.3 Å². The first-order chi connectivity index (χ1) is 10.2. The highest BCUT2D eigenvalue weighted by atomic mass is 19.1. The standard InChI is InChI=1S/C17H24FNO2/c1-19-12-13-5-4-6-15(18)16(13)21-14-7-10-20-17(11-14)8-2-3-9-17/h4-6,14,19H,2-3,7-12H2,1H3. The summed E-state index contributed by atoms with van der Waals surface area (Å²) in [6, 6.07) is 5.12. The van der Waals surface area contributed by atoms with Gasteiger partial charge in [0.2, 0.25) is 0 Å². The van der Waals surface area contributed by atoms with E-state index in [1.54, 1.807) is 6.07 Å². The monoisotopic (exact) mass is 293 g/mol. The van der Waals surface area contributed by atoms with Crippen LogP contribution >= 0.6 is 0 Å². The van der Waals surface area contributed by atoms with Gasteiger partial charge in [0.1, 0.15) is 6.10 Å². The molecule has 1 atom stereocenters. The summed E-state index contributed by atoms with van der Waals surface area (Å²) in [7, 11) is 1.86. The number of ether oxygens (including phenoxy) is 2. The van der Waals surface area contributed by atoms with Crippen LogP contribution in [0.15, 0.2) is 18.2 Å². The summed E-state index contributed by atoms with van der Waals surface area (Å²) in [5.74, 6) is 0.140. The molecule has 2 fully saturated rings. The van der Waals surface area contributed by atoms with Gasteiger partial charge >= 0.3 is 0 Å². The van der Waals surface area contributed by atoms with Crippen LogP contribution in [0.1, 0.15) is 44.1 Å². The van der Waals surface area contributed by atoms with Crippen molar-refractivity contribution >= 4 is 0 Å². The SMILES string of the molecule is CNCc1cccc(F)c1OC1CCOC2(CCCC2)C1. The summed E-state index contributed by atoms with van der Waals surface area (Å²) in [6.07, 6.45) is 6.50. The van der Waals surface area contributed by atoms with E-state index in [4.69, 9.17) is 9.47 Å². The molecule has 3 rings (SSSR count). The Bertz CT molecular complexity index is 486. The molecule has 0 amide bonds. The third-order valence-corrected chi connectivity index (χ3v) is 4.66. The second-order valence-electron chi connectivity index (χ2n) is 6.23. The van der Waals surface area contributed by atoms with E-state index in [9.17, 15) is 4.39 Å². The molecule has 3 nitrogen and oxygen atoms in total. The lowest BCUT2D eigenvalue weighted by molar-refractivity contribution is -0.108. The fraction of sp³-hybridized carbons (Fsp3) is 0.647. The van der Waals surface area contributed by atoms with E-state index in [2.05, 4.69) is 5.32 Å². The van der Waals surface area contributed by atoms with Crippen molar-refractivity contribution in [3.05, 3.63) is 29.6 Å². The summed E-state index contributed by atoms with van der Waals surface area (Å²) in [5.41, 5.74) is 0.876. The number of benzene rings is 1. The van der Waals surface area contributed by atoms with Crippen LogP contribution in [0.25, 0.3) is 0 Å². The lowest BCUT2D eigenvalue weighted by atomic mass is 9.90. The first-order valence-electron chi connectivity index (χ1n) is 7.95. The maximum absolute atomic E-state index is 14.1. The van der Waals surface area contributed by atoms with Crippen molar-refractivity contribution < 1.29 is 13.9 Å². The first-order valence-corrected chi connectivity index (χ1v) is 7.95. The van der Waals surface area contributed by atoms with Crippen LogP contribution in [-0.2, 0) is 11.3 Å². The molecule has 21 heavy (non-hydrogen) atoms. The van der Waals surface area contributed by atoms with Crippen molar-refractivity contribution in [2.24, 2.45) is 0 Å². The van der Waals surface area contributed by atoms with Gasteiger partial charge in [0.15, 0.2) is 11.6 Å². The molecule has 1 aliphatic heterocycles. The highest BCUT2D eigenvalue weighted by Crippen LogP contribution is 2.41. The second kappa shape index (κ2) is 6.32. The molecule has 1 unspecified atom stereocenters. The van der Waals surface area contributed by atoms with Gasteiger partial charge in [-0.2, -0.15) is 0 Å². The molecule has 4 heteroatoms. The van der Waals surface area contributed by atoms with Gasteiger partial charge in [-0.25, -0.2) is 4.39 Å². The molecular formula is C17H24FNO2. The molecule has 116 valence electrons. The van der Waals surface area contributed by atoms with Gasteiger partial charge in [-0.15, -0.1) is 0 Å². The zero-order valence-corrected chi connectivity index (χ0v) is 12.7. The predicted molar refractivity (Wildman–Crippen MR) is 80.0 cm³/mol. The highest BCUT2D eigenvalue weighted by molar-refractivity contribution is 5.35. The summed E-state index contributed by atoms with van der Waals surface area (Å²) in [5, 5.41) is 3.07. The van der Waals surface area contributed by atoms with E-state index in [-0.39, 0.29) is 17.5 Å². The molecule has 2 aliphatic rings. The van der Waals surface area contributed by atoms with Crippen molar-refractivity contribution in [1.29, 1.82) is 0 Å². The van der Waals surface area contributed by atoms with E-state index >= 15 is 0 Å². The minimum atomic E-state index is -0.269. The number of para-hydroxylation sites is 1. The van der Waals surface area contributed by atoms with Crippen LogP contribution < -0.4 is 10.1 Å². The summed E-state index contributed by atoms with van der Waals surface area (Å²) >= 11 is 0. The van der Waals surface area contributed by atoms with Crippen LogP contribution in [0, 0.1) is 5.82 Å². The van der Waals surface area contributed by atoms with Gasteiger partial charge in [-0.1, -0.05) is 25.0 Å². The number of halogens is 1. The lowest BCUT2D eigenvalue weighted by Gasteiger charge is -2.38. The van der Waals surface area contributed by atoms with Gasteiger partial charge < -0.3 is 14.8 Å². The van der Waals surface area contributed by atoms with Gasteiger partial charge in [0, 0.05) is 24.9 Å². The smallest absolute Gasteiger partial charge is 0.165 e. The minimum Gasteiger partial charge on any atom is -0.487 e. The molecular weight excluding hydrogens is 269 g/mol. The lowest BCUT2D eigenvalue weighted by Crippen LogP contribution is -2.42. The topological polar surface area (TPSA) is 30.5 Å². The van der Waals surface area contributed by atoms with Crippen LogP contribution in [0.2, 0.25) is 0 Å². The van der Waals surface area contributed by atoms with Gasteiger partial charge in [-0.3, -0.25) is 0 Å². The Morgan fingerprint density at radius 1 is 1.38 bits per heavy atom. The molecule has 1 spiro atoms. The molecule has 1 aliphatic carbocycles. The Hall–Kier alpha value is -1.13. The number of rotatable bonds is 4. The quantitative estimate of drug-likeness (QED) is 0.922. The molecule has 1 saturated carbocycles. The van der Waals surface area contributed by atoms with Gasteiger partial charge in [0.25, 0.3) is 0 Å². The number of nitrogens with one attached hydrogen (secondary N) is 1. The molecule has 1 aromatic carbocycles. The Morgan fingerprint density at radius 2 is 2.19 bits per heavy atom. The van der Waals surface area contributed by atoms with Crippen LogP contribution in [0.3, 0.4) is 0 Å². The minimum absolute atomic E-state index is 0.00264. The Balaban J connectivity index is 1.74. The van der Waals surface area contributed by atoms with Crippen molar-refractivity contribution in [2.45, 2.75) is 56.8 Å². The van der Waals surface area contributed by atoms with E-state index in [1.807, 2.05) is 13.1 Å². The van der Waals surface area contributed by atoms with Crippen molar-refractivity contribution in [3.63, 3.8) is 0 Å². The average Bonchev–Trinajstić information content (AvgIpc) is 2.91. The van der Waals surface area contributed by atoms with Gasteiger partial charge in [-0.05, 0) is 26.0 Å². The molecule has 1 N–H and O–H groups in total. The molecule has 0 radical (unpaired) electrons. The Kier molecular flexibility index (Phi) is 4.45. The van der Waals surface area contributed by atoms with E-state index in [1.165, 1.54) is 18.9 Å². The molecule has 1 aromatic rings. The highest BCUT2D eigenvalue weighted by Gasteiger charge is 2.41. The molecule has 0 bridgehead atoms. The normalized spacial score (nSPS) is 24.4. The third kappa shape index (κ3) is 3.22. The summed E-state index contributed by atoms with van der Waals surface area (Å²) in [6.45, 7) is 1.34. The van der Waals surface area contributed by atoms with Crippen LogP contribution in [-0.4, -0.2) is 25.4 Å². The van der Waals surface area contributed by atoms with E-state index in [0.717, 1.165) is 37.9 Å².